The monoisotopic (exact) mass is 472 g/mol. The van der Waals surface area contributed by atoms with Crippen molar-refractivity contribution in [2.45, 2.75) is 68.4 Å². The number of rotatable bonds is 8. The topological polar surface area (TPSA) is 51.0 Å². The Morgan fingerprint density at radius 3 is 2.78 bits per heavy atom. The quantitative estimate of drug-likeness (QED) is 0.394. The summed E-state index contributed by atoms with van der Waals surface area (Å²) in [6.45, 7) is 2.29. The summed E-state index contributed by atoms with van der Waals surface area (Å²) in [5.41, 5.74) is 0.779. The van der Waals surface area contributed by atoms with E-state index in [1.54, 1.807) is 29.4 Å². The molecule has 4 rings (SSSR count). The lowest BCUT2D eigenvalue weighted by atomic mass is 9.95. The van der Waals surface area contributed by atoms with E-state index >= 15 is 0 Å². The summed E-state index contributed by atoms with van der Waals surface area (Å²) in [6.07, 6.45) is 6.74. The maximum atomic E-state index is 13.5. The van der Waals surface area contributed by atoms with Crippen molar-refractivity contribution in [1.29, 1.82) is 0 Å². The highest BCUT2D eigenvalue weighted by molar-refractivity contribution is 8.00. The highest BCUT2D eigenvalue weighted by Gasteiger charge is 2.27. The second-order valence-electron chi connectivity index (χ2n) is 8.40. The smallest absolute Gasteiger partial charge is 0.235 e. The molecule has 0 spiro atoms. The van der Waals surface area contributed by atoms with Gasteiger partial charge in [-0.05, 0) is 48.9 Å². The third-order valence-corrected chi connectivity index (χ3v) is 7.82. The number of amides is 1. The second-order valence-corrected chi connectivity index (χ2v) is 10.7. The van der Waals surface area contributed by atoms with Gasteiger partial charge in [0.2, 0.25) is 5.91 Å². The number of carbonyl (C=O) groups excluding carboxylic acids is 1. The van der Waals surface area contributed by atoms with Crippen molar-refractivity contribution < 1.29 is 9.18 Å². The average Bonchev–Trinajstić information content (AvgIpc) is 3.44. The Balaban J connectivity index is 1.49. The van der Waals surface area contributed by atoms with Crippen LogP contribution in [0.5, 0.6) is 0 Å². The van der Waals surface area contributed by atoms with Gasteiger partial charge in [0.05, 0.1) is 5.25 Å². The number of nitrogens with zero attached hydrogens (tertiary/aromatic N) is 4. The van der Waals surface area contributed by atoms with E-state index in [1.165, 1.54) is 48.0 Å². The molecule has 1 amide bonds. The first-order chi connectivity index (χ1) is 15.5. The van der Waals surface area contributed by atoms with Gasteiger partial charge in [0, 0.05) is 30.9 Å². The molecule has 0 radical (unpaired) electrons. The standard InChI is InChI=1S/C24H29FN4OS2/c1-17(23(30)28(2)16-18-8-6-9-19(25)14-18)32-24-27-26-22(15-21-12-7-13-31-21)29(24)20-10-4-3-5-11-20/h6-9,12-14,17,20H,3-5,10-11,15-16H2,1-2H3. The first-order valence-electron chi connectivity index (χ1n) is 11.1. The zero-order chi connectivity index (χ0) is 22.5. The van der Waals surface area contributed by atoms with Crippen molar-refractivity contribution in [3.05, 3.63) is 63.9 Å². The van der Waals surface area contributed by atoms with E-state index in [0.29, 0.717) is 12.6 Å². The third-order valence-electron chi connectivity index (χ3n) is 5.90. The molecule has 0 aliphatic heterocycles. The van der Waals surface area contributed by atoms with E-state index in [0.717, 1.165) is 35.8 Å². The molecule has 0 saturated heterocycles. The number of benzene rings is 1. The molecule has 1 atom stereocenters. The zero-order valence-electron chi connectivity index (χ0n) is 18.5. The van der Waals surface area contributed by atoms with Crippen LogP contribution in [-0.4, -0.2) is 37.9 Å². The van der Waals surface area contributed by atoms with E-state index in [9.17, 15) is 9.18 Å². The molecule has 0 bridgehead atoms. The number of hydrogen-bond donors (Lipinski definition) is 0. The van der Waals surface area contributed by atoms with Gasteiger partial charge in [-0.3, -0.25) is 4.79 Å². The van der Waals surface area contributed by atoms with Gasteiger partial charge in [0.15, 0.2) is 5.16 Å². The number of carbonyl (C=O) groups is 1. The molecular formula is C24H29FN4OS2. The summed E-state index contributed by atoms with van der Waals surface area (Å²) in [4.78, 5) is 16.0. The molecule has 8 heteroatoms. The maximum absolute atomic E-state index is 13.5. The zero-order valence-corrected chi connectivity index (χ0v) is 20.2. The predicted molar refractivity (Wildman–Crippen MR) is 127 cm³/mol. The highest BCUT2D eigenvalue weighted by Crippen LogP contribution is 2.35. The van der Waals surface area contributed by atoms with Gasteiger partial charge < -0.3 is 9.47 Å². The van der Waals surface area contributed by atoms with E-state index in [2.05, 4.69) is 32.3 Å². The van der Waals surface area contributed by atoms with Crippen LogP contribution in [0, 0.1) is 5.82 Å². The molecule has 1 unspecified atom stereocenters. The molecule has 170 valence electrons. The molecule has 1 aromatic carbocycles. The Morgan fingerprint density at radius 1 is 1.25 bits per heavy atom. The molecule has 5 nitrogen and oxygen atoms in total. The summed E-state index contributed by atoms with van der Waals surface area (Å²) >= 11 is 3.21. The fourth-order valence-electron chi connectivity index (χ4n) is 4.29. The van der Waals surface area contributed by atoms with Gasteiger partial charge in [-0.15, -0.1) is 21.5 Å². The number of aromatic nitrogens is 3. The van der Waals surface area contributed by atoms with Gasteiger partial charge in [-0.2, -0.15) is 0 Å². The number of hydrogen-bond acceptors (Lipinski definition) is 5. The highest BCUT2D eigenvalue weighted by atomic mass is 32.2. The molecule has 1 aliphatic carbocycles. The van der Waals surface area contributed by atoms with Crippen LogP contribution < -0.4 is 0 Å². The fraction of sp³-hybridized carbons (Fsp3) is 0.458. The Labute approximate surface area is 197 Å². The van der Waals surface area contributed by atoms with Crippen molar-refractivity contribution in [3.63, 3.8) is 0 Å². The summed E-state index contributed by atoms with van der Waals surface area (Å²) in [7, 11) is 1.76. The molecule has 0 N–H and O–H groups in total. The SMILES string of the molecule is CC(Sc1nnc(Cc2cccs2)n1C1CCCCC1)C(=O)N(C)Cc1cccc(F)c1. The minimum Gasteiger partial charge on any atom is -0.340 e. The number of halogens is 1. The Morgan fingerprint density at radius 2 is 2.06 bits per heavy atom. The summed E-state index contributed by atoms with van der Waals surface area (Å²) in [5.74, 6) is 0.691. The average molecular weight is 473 g/mol. The first-order valence-corrected chi connectivity index (χ1v) is 12.9. The molecule has 2 aromatic heterocycles. The fourth-order valence-corrected chi connectivity index (χ4v) is 6.04. The van der Waals surface area contributed by atoms with Crippen LogP contribution in [0.4, 0.5) is 4.39 Å². The van der Waals surface area contributed by atoms with Gasteiger partial charge in [-0.25, -0.2) is 4.39 Å². The van der Waals surface area contributed by atoms with Crippen molar-refractivity contribution in [1.82, 2.24) is 19.7 Å². The van der Waals surface area contributed by atoms with Crippen LogP contribution in [0.15, 0.2) is 46.9 Å². The molecular weight excluding hydrogens is 443 g/mol. The number of thiophene rings is 1. The van der Waals surface area contributed by atoms with E-state index in [-0.39, 0.29) is 17.0 Å². The van der Waals surface area contributed by atoms with Gasteiger partial charge in [0.1, 0.15) is 11.6 Å². The Hall–Kier alpha value is -2.19. The van der Waals surface area contributed by atoms with E-state index < -0.39 is 0 Å². The van der Waals surface area contributed by atoms with Crippen LogP contribution in [0.25, 0.3) is 0 Å². The Bertz CT molecular complexity index is 1030. The van der Waals surface area contributed by atoms with Crippen LogP contribution in [-0.2, 0) is 17.8 Å². The van der Waals surface area contributed by atoms with Gasteiger partial charge in [-0.1, -0.05) is 49.2 Å². The van der Waals surface area contributed by atoms with Crippen LogP contribution in [0.3, 0.4) is 0 Å². The minimum absolute atomic E-state index is 0.00254. The van der Waals surface area contributed by atoms with E-state index in [4.69, 9.17) is 0 Å². The van der Waals surface area contributed by atoms with E-state index in [1.807, 2.05) is 13.0 Å². The van der Waals surface area contributed by atoms with Crippen molar-refractivity contribution in [3.8, 4) is 0 Å². The van der Waals surface area contributed by atoms with Gasteiger partial charge >= 0.3 is 0 Å². The predicted octanol–water partition coefficient (Wildman–Crippen LogP) is 5.71. The lowest BCUT2D eigenvalue weighted by Gasteiger charge is -2.26. The number of thioether (sulfide) groups is 1. The van der Waals surface area contributed by atoms with Crippen molar-refractivity contribution in [2.75, 3.05) is 7.05 Å². The minimum atomic E-state index is -0.310. The lowest BCUT2D eigenvalue weighted by molar-refractivity contribution is -0.129. The first kappa shape index (κ1) is 23.0. The summed E-state index contributed by atoms with van der Waals surface area (Å²) < 4.78 is 15.8. The normalized spacial score (nSPS) is 15.6. The molecule has 3 aromatic rings. The lowest BCUT2D eigenvalue weighted by Crippen LogP contribution is -2.33. The summed E-state index contributed by atoms with van der Waals surface area (Å²) in [5, 5.41) is 11.6. The van der Waals surface area contributed by atoms with Crippen LogP contribution in [0.2, 0.25) is 0 Å². The second kappa shape index (κ2) is 10.6. The molecule has 1 aliphatic rings. The maximum Gasteiger partial charge on any atom is 0.235 e. The summed E-state index contributed by atoms with van der Waals surface area (Å²) in [6, 6.07) is 11.0. The Kier molecular flexibility index (Phi) is 7.63. The molecule has 2 heterocycles. The molecule has 1 fully saturated rings. The molecule has 32 heavy (non-hydrogen) atoms. The van der Waals surface area contributed by atoms with Crippen molar-refractivity contribution >= 4 is 29.0 Å². The van der Waals surface area contributed by atoms with Crippen LogP contribution in [0.1, 0.15) is 61.3 Å². The molecule has 1 saturated carbocycles. The third kappa shape index (κ3) is 5.59. The largest absolute Gasteiger partial charge is 0.340 e. The van der Waals surface area contributed by atoms with Gasteiger partial charge in [0.25, 0.3) is 0 Å². The van der Waals surface area contributed by atoms with Crippen molar-refractivity contribution in [2.24, 2.45) is 0 Å². The van der Waals surface area contributed by atoms with Crippen LogP contribution >= 0.6 is 23.1 Å².